The minimum absolute atomic E-state index is 0.0463. The molecular formula is C30H32Cl2N6O2. The molecule has 0 aliphatic carbocycles. The van der Waals surface area contributed by atoms with E-state index in [1.54, 1.807) is 0 Å². The fraction of sp³-hybridized carbons (Fsp3) is 0.533. The molecule has 2 aromatic carbocycles. The van der Waals surface area contributed by atoms with Gasteiger partial charge in [-0.2, -0.15) is 9.97 Å². The third-order valence-corrected chi connectivity index (χ3v) is 11.1. The van der Waals surface area contributed by atoms with Crippen molar-refractivity contribution in [1.82, 2.24) is 28.9 Å². The molecule has 0 saturated carbocycles. The summed E-state index contributed by atoms with van der Waals surface area (Å²) < 4.78 is 17.1. The van der Waals surface area contributed by atoms with E-state index in [-0.39, 0.29) is 11.2 Å². The van der Waals surface area contributed by atoms with E-state index in [4.69, 9.17) is 32.7 Å². The number of nitrogens with zero attached hydrogens (tertiary/aromatic N) is 6. The van der Waals surface area contributed by atoms with Gasteiger partial charge in [-0.15, -0.1) is 0 Å². The molecule has 0 N–H and O–H groups in total. The summed E-state index contributed by atoms with van der Waals surface area (Å²) in [6, 6.07) is 13.4. The van der Waals surface area contributed by atoms with Crippen molar-refractivity contribution in [2.45, 2.75) is 50.0 Å². The summed E-state index contributed by atoms with van der Waals surface area (Å²) in [4.78, 5) is 14.3. The van der Waals surface area contributed by atoms with E-state index >= 15 is 0 Å². The maximum absolute atomic E-state index is 6.36. The standard InChI is InChI=1S/2C15H16ClN3O/c2*16-11-2-1-3-12-13(11)17-14-19(12)9-15(20-14)8-18-6-4-10(15)5-7-18/h2*1-3,10H,4-9H2/t2*15-/m10/s1. The third kappa shape index (κ3) is 3.39. The molecule has 8 nitrogen and oxygen atoms in total. The molecule has 12 rings (SSSR count). The minimum Gasteiger partial charge on any atom is -0.454 e. The molecule has 0 radical (unpaired) electrons. The fourth-order valence-electron chi connectivity index (χ4n) is 8.45. The van der Waals surface area contributed by atoms with Gasteiger partial charge in [0.15, 0.2) is 0 Å². The Hall–Kier alpha value is -2.52. The van der Waals surface area contributed by atoms with Gasteiger partial charge in [-0.1, -0.05) is 35.3 Å². The Morgan fingerprint density at radius 1 is 0.625 bits per heavy atom. The Labute approximate surface area is 242 Å². The second-order valence-corrected chi connectivity index (χ2v) is 13.4. The van der Waals surface area contributed by atoms with E-state index in [0.717, 1.165) is 60.3 Å². The lowest BCUT2D eigenvalue weighted by Crippen LogP contribution is -2.61. The van der Waals surface area contributed by atoms with E-state index in [1.165, 1.54) is 51.9 Å². The van der Waals surface area contributed by atoms with Gasteiger partial charge in [-0.05, 0) is 76.1 Å². The van der Waals surface area contributed by atoms with Gasteiger partial charge in [-0.3, -0.25) is 18.9 Å². The molecule has 8 aliphatic rings. The number of ether oxygens (including phenoxy) is 2. The summed E-state index contributed by atoms with van der Waals surface area (Å²) in [5.41, 5.74) is 3.83. The van der Waals surface area contributed by atoms with Crippen LogP contribution in [0.2, 0.25) is 10.0 Å². The molecule has 8 aliphatic heterocycles. The van der Waals surface area contributed by atoms with Crippen LogP contribution in [0.15, 0.2) is 36.4 Å². The Morgan fingerprint density at radius 2 is 1.05 bits per heavy atom. The first-order valence-corrected chi connectivity index (χ1v) is 15.4. The van der Waals surface area contributed by atoms with Crippen LogP contribution in [0.4, 0.5) is 0 Å². The van der Waals surface area contributed by atoms with Crippen molar-refractivity contribution in [3.05, 3.63) is 46.4 Å². The van der Waals surface area contributed by atoms with Crippen LogP contribution >= 0.6 is 23.2 Å². The van der Waals surface area contributed by atoms with Gasteiger partial charge in [0.25, 0.3) is 12.0 Å². The van der Waals surface area contributed by atoms with E-state index in [9.17, 15) is 0 Å². The number of piperidine rings is 6. The molecule has 2 spiro atoms. The lowest BCUT2D eigenvalue weighted by atomic mass is 9.75. The summed E-state index contributed by atoms with van der Waals surface area (Å²) >= 11 is 12.4. The predicted molar refractivity (Wildman–Crippen MR) is 155 cm³/mol. The van der Waals surface area contributed by atoms with Crippen LogP contribution < -0.4 is 9.47 Å². The Balaban J connectivity index is 0.000000115. The summed E-state index contributed by atoms with van der Waals surface area (Å²) in [6.07, 6.45) is 5.01. The van der Waals surface area contributed by atoms with Gasteiger partial charge in [0, 0.05) is 24.9 Å². The maximum atomic E-state index is 6.36. The summed E-state index contributed by atoms with van der Waals surface area (Å²) in [6.45, 7) is 8.83. The SMILES string of the molecule is Clc1cccc2c1nc1n2C[C@@]2(CN3CCC2CC3)O1.Clc1cccc2c1nc1n2C[C@]2(CN3CCC2CC3)O1. The number of benzene rings is 2. The topological polar surface area (TPSA) is 60.6 Å². The molecule has 6 fully saturated rings. The van der Waals surface area contributed by atoms with Crippen LogP contribution in [0.3, 0.4) is 0 Å². The van der Waals surface area contributed by atoms with E-state index in [1.807, 2.05) is 24.3 Å². The fourth-order valence-corrected chi connectivity index (χ4v) is 8.87. The number of fused-ring (bicyclic) bond motifs is 10. The lowest BCUT2D eigenvalue weighted by molar-refractivity contribution is -0.0833. The Bertz CT molecular complexity index is 1530. The zero-order valence-electron chi connectivity index (χ0n) is 22.4. The Morgan fingerprint density at radius 3 is 1.43 bits per heavy atom. The molecule has 0 unspecified atom stereocenters. The molecule has 2 atom stereocenters. The zero-order chi connectivity index (χ0) is 26.6. The van der Waals surface area contributed by atoms with Crippen LogP contribution in [-0.2, 0) is 13.1 Å². The smallest absolute Gasteiger partial charge is 0.298 e. The van der Waals surface area contributed by atoms with E-state index in [2.05, 4.69) is 41.0 Å². The first-order valence-electron chi connectivity index (χ1n) is 14.6. The highest BCUT2D eigenvalue weighted by atomic mass is 35.5. The number of aromatic nitrogens is 4. The average Bonchev–Trinajstić information content (AvgIpc) is 3.69. The highest BCUT2D eigenvalue weighted by Gasteiger charge is 2.54. The summed E-state index contributed by atoms with van der Waals surface area (Å²) in [5, 5.41) is 1.41. The molecule has 6 saturated heterocycles. The number of halogens is 2. The van der Waals surface area contributed by atoms with Crippen LogP contribution in [0.5, 0.6) is 12.0 Å². The number of hydrogen-bond acceptors (Lipinski definition) is 6. The second-order valence-electron chi connectivity index (χ2n) is 12.6. The summed E-state index contributed by atoms with van der Waals surface area (Å²) in [5.74, 6) is 1.34. The normalized spacial score (nSPS) is 34.6. The molecule has 4 bridgehead atoms. The molecule has 4 aromatic rings. The summed E-state index contributed by atoms with van der Waals surface area (Å²) in [7, 11) is 0. The van der Waals surface area contributed by atoms with Crippen LogP contribution in [0.1, 0.15) is 25.7 Å². The Kier molecular flexibility index (Phi) is 5.13. The largest absolute Gasteiger partial charge is 0.454 e. The number of hydrogen-bond donors (Lipinski definition) is 0. The lowest BCUT2D eigenvalue weighted by Gasteiger charge is -2.50. The molecule has 10 heteroatoms. The maximum Gasteiger partial charge on any atom is 0.298 e. The average molecular weight is 580 g/mol. The van der Waals surface area contributed by atoms with E-state index in [0.29, 0.717) is 21.9 Å². The van der Waals surface area contributed by atoms with Crippen molar-refractivity contribution in [2.24, 2.45) is 11.8 Å². The predicted octanol–water partition coefficient (Wildman–Crippen LogP) is 5.09. The molecular weight excluding hydrogens is 547 g/mol. The first-order chi connectivity index (χ1) is 19.5. The van der Waals surface area contributed by atoms with Gasteiger partial charge < -0.3 is 9.47 Å². The molecule has 40 heavy (non-hydrogen) atoms. The number of rotatable bonds is 0. The highest BCUT2D eigenvalue weighted by molar-refractivity contribution is 6.35. The van der Waals surface area contributed by atoms with Crippen molar-refractivity contribution in [2.75, 3.05) is 39.3 Å². The van der Waals surface area contributed by atoms with Gasteiger partial charge in [0.05, 0.1) is 34.2 Å². The minimum atomic E-state index is -0.0463. The monoisotopic (exact) mass is 578 g/mol. The van der Waals surface area contributed by atoms with Gasteiger partial charge >= 0.3 is 0 Å². The van der Waals surface area contributed by atoms with Gasteiger partial charge in [-0.25, -0.2) is 0 Å². The van der Waals surface area contributed by atoms with Crippen molar-refractivity contribution in [3.8, 4) is 12.0 Å². The van der Waals surface area contributed by atoms with Crippen LogP contribution in [-0.4, -0.2) is 79.4 Å². The second kappa shape index (κ2) is 8.51. The zero-order valence-corrected chi connectivity index (χ0v) is 23.9. The number of para-hydroxylation sites is 2. The molecule has 10 heterocycles. The first kappa shape index (κ1) is 24.1. The van der Waals surface area contributed by atoms with Crippen molar-refractivity contribution in [1.29, 1.82) is 0 Å². The van der Waals surface area contributed by atoms with E-state index < -0.39 is 0 Å². The third-order valence-electron chi connectivity index (χ3n) is 10.5. The van der Waals surface area contributed by atoms with Crippen molar-refractivity contribution in [3.63, 3.8) is 0 Å². The van der Waals surface area contributed by atoms with Crippen molar-refractivity contribution >= 4 is 45.3 Å². The molecule has 0 amide bonds. The highest BCUT2D eigenvalue weighted by Crippen LogP contribution is 2.47. The van der Waals surface area contributed by atoms with Gasteiger partial charge in [0.1, 0.15) is 22.2 Å². The van der Waals surface area contributed by atoms with Crippen LogP contribution in [0, 0.1) is 11.8 Å². The van der Waals surface area contributed by atoms with Gasteiger partial charge in [0.2, 0.25) is 0 Å². The number of imidazole rings is 2. The molecule has 208 valence electrons. The van der Waals surface area contributed by atoms with Crippen LogP contribution in [0.25, 0.3) is 22.1 Å². The quantitative estimate of drug-likeness (QED) is 0.289. The van der Waals surface area contributed by atoms with Crippen molar-refractivity contribution < 1.29 is 9.47 Å². The molecule has 2 aromatic heterocycles.